The molecule has 0 spiro atoms. The molecule has 0 aliphatic heterocycles. The minimum atomic E-state index is -0.454. The number of para-hydroxylation sites is 1. The van der Waals surface area contributed by atoms with Crippen LogP contribution in [0.25, 0.3) is 27.8 Å². The van der Waals surface area contributed by atoms with E-state index in [1.165, 1.54) is 4.80 Å². The molecule has 8 heteroatoms. The van der Waals surface area contributed by atoms with Gasteiger partial charge in [-0.1, -0.05) is 47.7 Å². The molecule has 0 unspecified atom stereocenters. The van der Waals surface area contributed by atoms with Gasteiger partial charge in [-0.15, -0.1) is 20.1 Å². The maximum Gasteiger partial charge on any atom is 0.343 e. The Hall–Kier alpha value is -4.85. The molecular formula is C27H20N6O2. The van der Waals surface area contributed by atoms with E-state index < -0.39 is 5.97 Å². The molecule has 6 aromatic rings. The van der Waals surface area contributed by atoms with Crippen LogP contribution in [0, 0.1) is 6.92 Å². The summed E-state index contributed by atoms with van der Waals surface area (Å²) in [5, 5.41) is 17.5. The Morgan fingerprint density at radius 3 is 2.26 bits per heavy atom. The molecule has 6 rings (SSSR count). The Kier molecular flexibility index (Phi) is 5.03. The van der Waals surface area contributed by atoms with E-state index in [1.807, 2.05) is 84.4 Å². The molecule has 0 atom stereocenters. The van der Waals surface area contributed by atoms with E-state index in [1.54, 1.807) is 18.2 Å². The molecule has 0 aliphatic rings. The molecule has 0 aliphatic carbocycles. The summed E-state index contributed by atoms with van der Waals surface area (Å²) in [5.74, 6) is -0.0661. The molecule has 0 radical (unpaired) electrons. The van der Waals surface area contributed by atoms with Crippen LogP contribution in [0.15, 0.2) is 91.0 Å². The average Bonchev–Trinajstić information content (AvgIpc) is 3.50. The molecule has 0 saturated carbocycles. The summed E-state index contributed by atoms with van der Waals surface area (Å²) >= 11 is 0. The molecule has 0 N–H and O–H groups in total. The number of benzene rings is 4. The van der Waals surface area contributed by atoms with Gasteiger partial charge in [0.25, 0.3) is 0 Å². The van der Waals surface area contributed by atoms with Gasteiger partial charge < -0.3 is 4.74 Å². The third-order valence-corrected chi connectivity index (χ3v) is 5.76. The van der Waals surface area contributed by atoms with E-state index in [2.05, 4.69) is 20.5 Å². The van der Waals surface area contributed by atoms with Crippen molar-refractivity contribution in [3.63, 3.8) is 0 Å². The number of nitrogens with zero attached hydrogens (tertiary/aromatic N) is 6. The normalized spacial score (nSPS) is 11.2. The first kappa shape index (κ1) is 20.7. The first-order valence-corrected chi connectivity index (χ1v) is 11.2. The monoisotopic (exact) mass is 460 g/mol. The standard InChI is InChI=1S/C27H20N6O2/c1-18-10-15-26(25(16-18)33-29-21-6-2-3-7-22(21)30-33)35-27(34)20-13-11-19(12-14-20)17-32-24-9-5-4-8-23(24)28-31-32/h2-16H,17H2,1H3. The number of carbonyl (C=O) groups is 1. The summed E-state index contributed by atoms with van der Waals surface area (Å²) in [6.45, 7) is 2.52. The quantitative estimate of drug-likeness (QED) is 0.273. The van der Waals surface area contributed by atoms with Crippen LogP contribution in [0.3, 0.4) is 0 Å². The lowest BCUT2D eigenvalue weighted by Crippen LogP contribution is -2.12. The molecule has 170 valence electrons. The molecule has 2 heterocycles. The molecular weight excluding hydrogens is 440 g/mol. The maximum absolute atomic E-state index is 13.0. The Morgan fingerprint density at radius 1 is 0.829 bits per heavy atom. The van der Waals surface area contributed by atoms with Gasteiger partial charge in [-0.25, -0.2) is 9.48 Å². The topological polar surface area (TPSA) is 87.7 Å². The maximum atomic E-state index is 13.0. The number of aryl methyl sites for hydroxylation is 1. The predicted octanol–water partition coefficient (Wildman–Crippen LogP) is 4.74. The van der Waals surface area contributed by atoms with Crippen LogP contribution in [0.5, 0.6) is 5.75 Å². The summed E-state index contributed by atoms with van der Waals surface area (Å²) in [6, 6.07) is 28.3. The number of esters is 1. The lowest BCUT2D eigenvalue weighted by atomic mass is 10.1. The van der Waals surface area contributed by atoms with Gasteiger partial charge in [0, 0.05) is 0 Å². The van der Waals surface area contributed by atoms with Crippen LogP contribution in [0.4, 0.5) is 0 Å². The first-order chi connectivity index (χ1) is 17.1. The van der Waals surface area contributed by atoms with Crippen molar-refractivity contribution in [2.45, 2.75) is 13.5 Å². The summed E-state index contributed by atoms with van der Waals surface area (Å²) < 4.78 is 7.61. The fraction of sp³-hybridized carbons (Fsp3) is 0.0741. The molecule has 0 bridgehead atoms. The zero-order valence-corrected chi connectivity index (χ0v) is 18.9. The van der Waals surface area contributed by atoms with E-state index >= 15 is 0 Å². The van der Waals surface area contributed by atoms with Crippen LogP contribution in [0.2, 0.25) is 0 Å². The molecule has 0 amide bonds. The van der Waals surface area contributed by atoms with Gasteiger partial charge in [-0.2, -0.15) is 0 Å². The predicted molar refractivity (Wildman–Crippen MR) is 132 cm³/mol. The lowest BCUT2D eigenvalue weighted by molar-refractivity contribution is 0.0734. The average molecular weight is 460 g/mol. The van der Waals surface area contributed by atoms with Crippen molar-refractivity contribution < 1.29 is 9.53 Å². The van der Waals surface area contributed by atoms with Crippen LogP contribution in [-0.2, 0) is 6.54 Å². The summed E-state index contributed by atoms with van der Waals surface area (Å²) in [6.07, 6.45) is 0. The highest BCUT2D eigenvalue weighted by molar-refractivity contribution is 5.91. The number of rotatable bonds is 5. The SMILES string of the molecule is Cc1ccc(OC(=O)c2ccc(Cn3nnc4ccccc43)cc2)c(-n2nc3ccccc3n2)c1. The van der Waals surface area contributed by atoms with Gasteiger partial charge >= 0.3 is 5.97 Å². The lowest BCUT2D eigenvalue weighted by Gasteiger charge is -2.10. The Labute approximate surface area is 200 Å². The van der Waals surface area contributed by atoms with Gasteiger partial charge in [-0.05, 0) is 66.6 Å². The van der Waals surface area contributed by atoms with Crippen molar-refractivity contribution in [2.75, 3.05) is 0 Å². The van der Waals surface area contributed by atoms with E-state index in [0.29, 0.717) is 23.5 Å². The Balaban J connectivity index is 1.24. The van der Waals surface area contributed by atoms with Crippen LogP contribution >= 0.6 is 0 Å². The number of fused-ring (bicyclic) bond motifs is 2. The fourth-order valence-electron chi connectivity index (χ4n) is 3.95. The molecule has 0 fully saturated rings. The van der Waals surface area contributed by atoms with Gasteiger partial charge in [-0.3, -0.25) is 0 Å². The van der Waals surface area contributed by atoms with Crippen molar-refractivity contribution in [1.82, 2.24) is 30.0 Å². The van der Waals surface area contributed by atoms with Crippen LogP contribution in [-0.4, -0.2) is 36.0 Å². The second kappa shape index (κ2) is 8.49. The number of carbonyl (C=O) groups excluding carboxylic acids is 1. The third kappa shape index (κ3) is 4.02. The van der Waals surface area contributed by atoms with Crippen molar-refractivity contribution in [3.8, 4) is 11.4 Å². The highest BCUT2D eigenvalue weighted by atomic mass is 16.5. The molecule has 0 saturated heterocycles. The van der Waals surface area contributed by atoms with E-state index in [9.17, 15) is 4.79 Å². The second-order valence-corrected chi connectivity index (χ2v) is 8.27. The minimum absolute atomic E-state index is 0.388. The number of ether oxygens (including phenoxy) is 1. The van der Waals surface area contributed by atoms with Gasteiger partial charge in [0.2, 0.25) is 0 Å². The van der Waals surface area contributed by atoms with Gasteiger partial charge in [0.1, 0.15) is 22.2 Å². The number of hydrogen-bond acceptors (Lipinski definition) is 6. The zero-order chi connectivity index (χ0) is 23.8. The summed E-state index contributed by atoms with van der Waals surface area (Å²) in [7, 11) is 0. The molecule has 4 aromatic carbocycles. The van der Waals surface area contributed by atoms with Gasteiger partial charge in [0.15, 0.2) is 5.75 Å². The fourth-order valence-corrected chi connectivity index (χ4v) is 3.95. The van der Waals surface area contributed by atoms with Crippen molar-refractivity contribution in [3.05, 3.63) is 108 Å². The smallest absolute Gasteiger partial charge is 0.343 e. The number of aromatic nitrogens is 6. The van der Waals surface area contributed by atoms with Crippen molar-refractivity contribution in [1.29, 1.82) is 0 Å². The second-order valence-electron chi connectivity index (χ2n) is 8.27. The highest BCUT2D eigenvalue weighted by Crippen LogP contribution is 2.25. The molecule has 35 heavy (non-hydrogen) atoms. The van der Waals surface area contributed by atoms with Crippen molar-refractivity contribution >= 4 is 28.0 Å². The Bertz CT molecular complexity index is 1650. The van der Waals surface area contributed by atoms with Crippen LogP contribution < -0.4 is 4.74 Å². The van der Waals surface area contributed by atoms with Crippen LogP contribution in [0.1, 0.15) is 21.5 Å². The van der Waals surface area contributed by atoms with E-state index in [4.69, 9.17) is 4.74 Å². The largest absolute Gasteiger partial charge is 0.421 e. The summed E-state index contributed by atoms with van der Waals surface area (Å²) in [4.78, 5) is 14.5. The molecule has 2 aromatic heterocycles. The zero-order valence-electron chi connectivity index (χ0n) is 18.9. The van der Waals surface area contributed by atoms with Crippen molar-refractivity contribution in [2.24, 2.45) is 0 Å². The molecule has 8 nitrogen and oxygen atoms in total. The van der Waals surface area contributed by atoms with Gasteiger partial charge in [0.05, 0.1) is 17.6 Å². The third-order valence-electron chi connectivity index (χ3n) is 5.76. The minimum Gasteiger partial charge on any atom is -0.421 e. The summed E-state index contributed by atoms with van der Waals surface area (Å²) in [5.41, 5.74) is 6.39. The first-order valence-electron chi connectivity index (χ1n) is 11.2. The Morgan fingerprint density at radius 2 is 1.51 bits per heavy atom. The van der Waals surface area contributed by atoms with E-state index in [-0.39, 0.29) is 0 Å². The number of hydrogen-bond donors (Lipinski definition) is 0. The highest BCUT2D eigenvalue weighted by Gasteiger charge is 2.16. The van der Waals surface area contributed by atoms with E-state index in [0.717, 1.165) is 33.2 Å².